The Labute approximate surface area is 495 Å². The molecule has 2 saturated heterocycles. The maximum absolute atomic E-state index is 14.5. The van der Waals surface area contributed by atoms with Gasteiger partial charge in [0.15, 0.2) is 0 Å². The van der Waals surface area contributed by atoms with Crippen molar-refractivity contribution in [2.24, 2.45) is 35.3 Å². The summed E-state index contributed by atoms with van der Waals surface area (Å²) in [5, 5.41) is 33.8. The van der Waals surface area contributed by atoms with Crippen LogP contribution in [0.15, 0.2) is 0 Å². The molecule has 0 unspecified atom stereocenters. The van der Waals surface area contributed by atoms with E-state index in [0.29, 0.717) is 38.5 Å². The van der Waals surface area contributed by atoms with Gasteiger partial charge in [-0.05, 0) is 103 Å². The minimum absolute atomic E-state index is 0.0555. The predicted molar refractivity (Wildman–Crippen MR) is 312 cm³/mol. The number of carboxylic acids is 1. The van der Waals surface area contributed by atoms with Crippen molar-refractivity contribution in [3.8, 4) is 0 Å². The summed E-state index contributed by atoms with van der Waals surface area (Å²) < 4.78 is 0. The third kappa shape index (κ3) is 20.4. The summed E-state index contributed by atoms with van der Waals surface area (Å²) in [5.74, 6) is -11.9. The van der Waals surface area contributed by atoms with Gasteiger partial charge < -0.3 is 68.5 Å². The highest BCUT2D eigenvalue weighted by atomic mass is 16.4. The van der Waals surface area contributed by atoms with Gasteiger partial charge in [0.25, 0.3) is 0 Å². The molecule has 476 valence electrons. The minimum Gasteiger partial charge on any atom is -0.480 e. The molecule has 0 aromatic heterocycles. The van der Waals surface area contributed by atoms with E-state index in [-0.39, 0.29) is 44.2 Å². The Hall–Kier alpha value is -6.89. The van der Waals surface area contributed by atoms with Crippen LogP contribution in [0.25, 0.3) is 0 Å². The van der Waals surface area contributed by atoms with Crippen LogP contribution in [0, 0.1) is 29.6 Å². The van der Waals surface area contributed by atoms with Gasteiger partial charge in [0, 0.05) is 20.0 Å². The zero-order valence-electron chi connectivity index (χ0n) is 52.7. The molecule has 12 atom stereocenters. The van der Waals surface area contributed by atoms with Crippen LogP contribution < -0.4 is 53.6 Å². The molecule has 0 radical (unpaired) electrons. The number of hydrogen-bond donors (Lipinski definition) is 11. The second-order valence-corrected chi connectivity index (χ2v) is 25.1. The van der Waals surface area contributed by atoms with E-state index in [2.05, 4.69) is 47.9 Å². The summed E-state index contributed by atoms with van der Waals surface area (Å²) in [6, 6.07) is -9.71. The average Bonchev–Trinajstić information content (AvgIpc) is 4.12. The Balaban J connectivity index is 2.33. The van der Waals surface area contributed by atoms with Crippen molar-refractivity contribution in [1.82, 2.24) is 57.7 Å². The molecule has 0 aromatic rings. The fourth-order valence-electron chi connectivity index (χ4n) is 10.2. The SMILES string of the molecule is CC[C@H](C)[C@H](NC(=O)[C@@H]1CCCN1C(=O)C(C)(C)NC(=O)[C@@H](NC(=O)[C@@H](NC(=O)[C@@H]1CCCN1C(=O)C(C)(C)NC(=O)[C@@H](NC(=O)[C@H](CC(C)C)NC(=O)[C@H](CC(N)=O)NC(=O)C(C)(C)NC(C)=O)[C@@H](C)CC)[C@@H](C)CC)[C@@H](C)CC)C(=O)O. The molecular weight excluding hydrogens is 1090 g/mol. The summed E-state index contributed by atoms with van der Waals surface area (Å²) in [7, 11) is 0. The van der Waals surface area contributed by atoms with Crippen LogP contribution in [0.3, 0.4) is 0 Å². The third-order valence-electron chi connectivity index (χ3n) is 16.2. The van der Waals surface area contributed by atoms with Crippen molar-refractivity contribution in [2.45, 2.75) is 247 Å². The van der Waals surface area contributed by atoms with Gasteiger partial charge in [0.1, 0.15) is 65.0 Å². The predicted octanol–water partition coefficient (Wildman–Crippen LogP) is 0.772. The van der Waals surface area contributed by atoms with Crippen LogP contribution in [-0.2, 0) is 62.3 Å². The maximum Gasteiger partial charge on any atom is 0.326 e. The lowest BCUT2D eigenvalue weighted by Crippen LogP contribution is -2.65. The zero-order valence-corrected chi connectivity index (χ0v) is 52.7. The van der Waals surface area contributed by atoms with Gasteiger partial charge in [-0.3, -0.25) is 57.5 Å². The molecule has 26 nitrogen and oxygen atoms in total. The Morgan fingerprint density at radius 2 is 0.857 bits per heavy atom. The smallest absolute Gasteiger partial charge is 0.326 e. The van der Waals surface area contributed by atoms with Gasteiger partial charge in [-0.1, -0.05) is 94.9 Å². The molecule has 12 N–H and O–H groups in total. The van der Waals surface area contributed by atoms with Gasteiger partial charge in [0.05, 0.1) is 6.42 Å². The highest BCUT2D eigenvalue weighted by molar-refractivity contribution is 6.01. The molecule has 12 amide bonds. The topological polar surface area (TPSA) is 383 Å². The molecule has 2 fully saturated rings. The van der Waals surface area contributed by atoms with Crippen LogP contribution in [0.2, 0.25) is 0 Å². The summed E-state index contributed by atoms with van der Waals surface area (Å²) in [6.45, 7) is 27.9. The number of carboxylic acid groups (broad SMARTS) is 1. The number of hydrogen-bond acceptors (Lipinski definition) is 13. The average molecular weight is 1190 g/mol. The summed E-state index contributed by atoms with van der Waals surface area (Å²) >= 11 is 0. The monoisotopic (exact) mass is 1190 g/mol. The van der Waals surface area contributed by atoms with E-state index in [1.54, 1.807) is 55.4 Å². The first-order valence-electron chi connectivity index (χ1n) is 29.7. The van der Waals surface area contributed by atoms with Crippen LogP contribution in [0.4, 0.5) is 0 Å². The number of nitrogens with one attached hydrogen (secondary N) is 9. The lowest BCUT2D eigenvalue weighted by molar-refractivity contribution is -0.147. The quantitative estimate of drug-likeness (QED) is 0.0444. The van der Waals surface area contributed by atoms with Crippen molar-refractivity contribution in [3.63, 3.8) is 0 Å². The van der Waals surface area contributed by atoms with Crippen molar-refractivity contribution >= 4 is 76.9 Å². The van der Waals surface area contributed by atoms with E-state index in [9.17, 15) is 67.4 Å². The number of rotatable bonds is 32. The Morgan fingerprint density at radius 3 is 1.23 bits per heavy atom. The molecule has 0 spiro atoms. The molecule has 0 aliphatic carbocycles. The highest BCUT2D eigenvalue weighted by Crippen LogP contribution is 2.26. The largest absolute Gasteiger partial charge is 0.480 e. The molecule has 2 aliphatic heterocycles. The van der Waals surface area contributed by atoms with E-state index in [1.165, 1.54) is 58.3 Å². The number of carbonyl (C=O) groups is 13. The molecule has 0 aromatic carbocycles. The van der Waals surface area contributed by atoms with E-state index in [0.717, 1.165) is 0 Å². The van der Waals surface area contributed by atoms with Crippen LogP contribution in [0.5, 0.6) is 0 Å². The molecule has 0 saturated carbocycles. The molecule has 0 bridgehead atoms. The summed E-state index contributed by atoms with van der Waals surface area (Å²) in [4.78, 5) is 179. The minimum atomic E-state index is -1.68. The lowest BCUT2D eigenvalue weighted by atomic mass is 9.93. The number of amides is 12. The molecule has 2 rings (SSSR count). The van der Waals surface area contributed by atoms with Crippen LogP contribution in [-0.4, -0.2) is 170 Å². The van der Waals surface area contributed by atoms with Crippen molar-refractivity contribution < 1.29 is 67.4 Å². The summed E-state index contributed by atoms with van der Waals surface area (Å²) in [5.41, 5.74) is 0.665. The van der Waals surface area contributed by atoms with Crippen molar-refractivity contribution in [3.05, 3.63) is 0 Å². The fourth-order valence-corrected chi connectivity index (χ4v) is 10.2. The maximum atomic E-state index is 14.5. The number of primary amides is 1. The van der Waals surface area contributed by atoms with E-state index in [4.69, 9.17) is 5.73 Å². The Morgan fingerprint density at radius 1 is 0.488 bits per heavy atom. The number of nitrogens with two attached hydrogens (primary N) is 1. The normalized spacial score (nSPS) is 19.1. The molecule has 84 heavy (non-hydrogen) atoms. The third-order valence-corrected chi connectivity index (χ3v) is 16.2. The molecule has 26 heteroatoms. The number of aliphatic carboxylic acids is 1. The van der Waals surface area contributed by atoms with Crippen LogP contribution in [0.1, 0.15) is 182 Å². The standard InChI is InChI=1S/C58H100N12O14/c1-18-31(7)41(49(77)64-43(33(9)20-3)51(79)68-58(16,17)55(84)70-27-23-25-39(70)48(76)65-44(52(80)81)34(10)21-4)63-47(75)38-24-22-26-69(38)54(83)57(14,15)67-50(78)42(32(8)19-2)62-46(74)36(28-30(5)6)60-45(73)37(29-40(59)72)61-53(82)56(12,13)66-35(11)71/h30-34,36-39,41-44H,18-29H2,1-17H3,(H2,59,72)(H,60,73)(H,61,82)(H,62,74)(H,63,75)(H,64,77)(H,65,76)(H,66,71)(H,67,78)(H,68,79)(H,80,81)/t31-,32-,33-,34-,36-,37-,38-,39-,41-,42-,43-,44-/m0/s1. The molecule has 2 heterocycles. The van der Waals surface area contributed by atoms with Gasteiger partial charge in [0.2, 0.25) is 70.9 Å². The number of nitrogens with zero attached hydrogens (tertiary/aromatic N) is 2. The first kappa shape index (κ1) is 73.2. The van der Waals surface area contributed by atoms with Crippen LogP contribution >= 0.6 is 0 Å². The first-order valence-corrected chi connectivity index (χ1v) is 29.7. The second-order valence-electron chi connectivity index (χ2n) is 25.1. The van der Waals surface area contributed by atoms with E-state index < -0.39 is 166 Å². The van der Waals surface area contributed by atoms with Gasteiger partial charge >= 0.3 is 5.97 Å². The van der Waals surface area contributed by atoms with E-state index >= 15 is 0 Å². The second kappa shape index (κ2) is 31.8. The Bertz CT molecular complexity index is 2410. The number of likely N-dealkylation sites (tertiary alicyclic amines) is 2. The summed E-state index contributed by atoms with van der Waals surface area (Å²) in [6.07, 6.45) is 2.47. The van der Waals surface area contributed by atoms with Gasteiger partial charge in [-0.25, -0.2) is 4.79 Å². The van der Waals surface area contributed by atoms with Crippen molar-refractivity contribution in [1.29, 1.82) is 0 Å². The Kier molecular flexibility index (Phi) is 27.8. The zero-order chi connectivity index (χ0) is 64.5. The van der Waals surface area contributed by atoms with Gasteiger partial charge in [-0.15, -0.1) is 0 Å². The van der Waals surface area contributed by atoms with E-state index in [1.807, 2.05) is 13.8 Å². The molecular formula is C58H100N12O14. The van der Waals surface area contributed by atoms with Gasteiger partial charge in [-0.2, -0.15) is 0 Å². The van der Waals surface area contributed by atoms with Crippen molar-refractivity contribution in [2.75, 3.05) is 13.1 Å². The lowest BCUT2D eigenvalue weighted by Gasteiger charge is -2.36. The first-order chi connectivity index (χ1) is 38.8. The highest BCUT2D eigenvalue weighted by Gasteiger charge is 2.47. The fraction of sp³-hybridized carbons (Fsp3) is 0.776. The number of carbonyl (C=O) groups excluding carboxylic acids is 12. The molecule has 2 aliphatic rings.